The third-order valence-electron chi connectivity index (χ3n) is 5.34. The predicted octanol–water partition coefficient (Wildman–Crippen LogP) is 3.96. The monoisotopic (exact) mass is 399 g/mol. The van der Waals surface area contributed by atoms with E-state index in [1.807, 2.05) is 6.92 Å². The van der Waals surface area contributed by atoms with Gasteiger partial charge in [-0.05, 0) is 50.3 Å². The lowest BCUT2D eigenvalue weighted by Gasteiger charge is -2.39. The molecule has 1 aromatic carbocycles. The smallest absolute Gasteiger partial charge is 0.337 e. The van der Waals surface area contributed by atoms with Crippen LogP contribution in [0.15, 0.2) is 40.7 Å². The van der Waals surface area contributed by atoms with Crippen molar-refractivity contribution in [3.05, 3.63) is 46.3 Å². The normalized spacial score (nSPS) is 21.1. The average Bonchev–Trinajstić information content (AvgIpc) is 2.58. The van der Waals surface area contributed by atoms with Crippen LogP contribution in [0.4, 0.5) is 0 Å². The van der Waals surface area contributed by atoms with Gasteiger partial charge in [0.1, 0.15) is 0 Å². The molecule has 0 amide bonds. The maximum atomic E-state index is 13.2. The van der Waals surface area contributed by atoms with Gasteiger partial charge in [-0.1, -0.05) is 19.9 Å². The van der Waals surface area contributed by atoms with Crippen LogP contribution in [0.5, 0.6) is 11.5 Å². The zero-order valence-electron chi connectivity index (χ0n) is 17.9. The first-order chi connectivity index (χ1) is 13.5. The SMILES string of the molecule is COc1ccc(C2C(C(=O)OC(C)C)=C(C)NC3=C2C(=O)CC(C)(C)C3)cc1O. The van der Waals surface area contributed by atoms with Crippen molar-refractivity contribution in [3.8, 4) is 11.5 Å². The summed E-state index contributed by atoms with van der Waals surface area (Å²) >= 11 is 0. The standard InChI is InChI=1S/C23H29NO5/c1-12(2)29-22(27)19-13(3)24-15-10-23(4,5)11-17(26)21(15)20(19)14-7-8-18(28-6)16(25)9-14/h7-9,12,20,24-25H,10-11H2,1-6H3. The summed E-state index contributed by atoms with van der Waals surface area (Å²) in [5, 5.41) is 13.6. The number of methoxy groups -OCH3 is 1. The number of phenolic OH excluding ortho intramolecular Hbond substituents is 1. The first kappa shape index (κ1) is 21.0. The van der Waals surface area contributed by atoms with Gasteiger partial charge in [0.2, 0.25) is 0 Å². The number of phenols is 1. The molecule has 0 bridgehead atoms. The van der Waals surface area contributed by atoms with Gasteiger partial charge in [0, 0.05) is 29.3 Å². The van der Waals surface area contributed by atoms with Crippen molar-refractivity contribution in [2.45, 2.75) is 59.5 Å². The molecule has 0 saturated carbocycles. The van der Waals surface area contributed by atoms with Crippen LogP contribution in [-0.4, -0.2) is 30.1 Å². The molecule has 0 radical (unpaired) electrons. The Kier molecular flexibility index (Phi) is 5.48. The third-order valence-corrected chi connectivity index (χ3v) is 5.34. The minimum atomic E-state index is -0.599. The largest absolute Gasteiger partial charge is 0.504 e. The van der Waals surface area contributed by atoms with Crippen molar-refractivity contribution in [2.75, 3.05) is 7.11 Å². The van der Waals surface area contributed by atoms with Crippen LogP contribution in [0.2, 0.25) is 0 Å². The molecule has 29 heavy (non-hydrogen) atoms. The number of dihydropyridines is 1. The second kappa shape index (κ2) is 7.58. The number of carbonyl (C=O) groups is 2. The quantitative estimate of drug-likeness (QED) is 0.746. The fourth-order valence-electron chi connectivity index (χ4n) is 4.20. The average molecular weight is 399 g/mol. The number of nitrogens with one attached hydrogen (secondary N) is 1. The van der Waals surface area contributed by atoms with E-state index in [1.165, 1.54) is 7.11 Å². The van der Waals surface area contributed by atoms with Crippen LogP contribution in [-0.2, 0) is 14.3 Å². The zero-order chi connectivity index (χ0) is 21.5. The van der Waals surface area contributed by atoms with Crippen LogP contribution in [0.25, 0.3) is 0 Å². The number of carbonyl (C=O) groups excluding carboxylic acids is 2. The third kappa shape index (κ3) is 4.02. The Hall–Kier alpha value is -2.76. The van der Waals surface area contributed by atoms with Crippen molar-refractivity contribution in [3.63, 3.8) is 0 Å². The molecular weight excluding hydrogens is 370 g/mol. The number of Topliss-reactive ketones (excluding diaryl/α,β-unsaturated/α-hetero) is 1. The number of esters is 1. The van der Waals surface area contributed by atoms with E-state index >= 15 is 0 Å². The van der Waals surface area contributed by atoms with E-state index in [9.17, 15) is 14.7 Å². The molecule has 0 fully saturated rings. The Morgan fingerprint density at radius 1 is 1.28 bits per heavy atom. The highest BCUT2D eigenvalue weighted by molar-refractivity contribution is 6.04. The first-order valence-electron chi connectivity index (χ1n) is 9.86. The lowest BCUT2D eigenvalue weighted by atomic mass is 9.68. The second-order valence-electron chi connectivity index (χ2n) is 8.82. The highest BCUT2D eigenvalue weighted by Gasteiger charge is 2.43. The summed E-state index contributed by atoms with van der Waals surface area (Å²) in [6.07, 6.45) is 0.818. The molecule has 1 aliphatic carbocycles. The fraction of sp³-hybridized carbons (Fsp3) is 0.478. The fourth-order valence-corrected chi connectivity index (χ4v) is 4.20. The molecule has 156 valence electrons. The summed E-state index contributed by atoms with van der Waals surface area (Å²) in [6.45, 7) is 9.52. The molecule has 1 aromatic rings. The van der Waals surface area contributed by atoms with Gasteiger partial charge in [-0.3, -0.25) is 4.79 Å². The molecule has 1 unspecified atom stereocenters. The zero-order valence-corrected chi connectivity index (χ0v) is 17.9. The van der Waals surface area contributed by atoms with Gasteiger partial charge < -0.3 is 19.9 Å². The first-order valence-corrected chi connectivity index (χ1v) is 9.86. The predicted molar refractivity (Wildman–Crippen MR) is 110 cm³/mol. The Morgan fingerprint density at radius 3 is 2.55 bits per heavy atom. The van der Waals surface area contributed by atoms with Crippen molar-refractivity contribution in [2.24, 2.45) is 5.41 Å². The van der Waals surface area contributed by atoms with E-state index in [-0.39, 0.29) is 23.1 Å². The number of hydrogen-bond donors (Lipinski definition) is 2. The van der Waals surface area contributed by atoms with Crippen LogP contribution >= 0.6 is 0 Å². The Morgan fingerprint density at radius 2 is 1.97 bits per heavy atom. The molecule has 1 aliphatic heterocycles. The minimum Gasteiger partial charge on any atom is -0.504 e. The van der Waals surface area contributed by atoms with Gasteiger partial charge in [-0.2, -0.15) is 0 Å². The van der Waals surface area contributed by atoms with Crippen LogP contribution in [0.3, 0.4) is 0 Å². The highest BCUT2D eigenvalue weighted by atomic mass is 16.5. The van der Waals surface area contributed by atoms with Crippen molar-refractivity contribution < 1.29 is 24.2 Å². The second-order valence-corrected chi connectivity index (χ2v) is 8.82. The molecule has 1 heterocycles. The number of benzene rings is 1. The van der Waals surface area contributed by atoms with Crippen molar-refractivity contribution >= 4 is 11.8 Å². The lowest BCUT2D eigenvalue weighted by Crippen LogP contribution is -2.39. The van der Waals surface area contributed by atoms with Gasteiger partial charge in [0.25, 0.3) is 0 Å². The number of ketones is 1. The molecule has 0 aromatic heterocycles. The summed E-state index contributed by atoms with van der Waals surface area (Å²) in [5.41, 5.74) is 2.97. The van der Waals surface area contributed by atoms with E-state index in [2.05, 4.69) is 19.2 Å². The number of aromatic hydroxyl groups is 1. The van der Waals surface area contributed by atoms with Gasteiger partial charge in [-0.25, -0.2) is 4.79 Å². The Balaban J connectivity index is 2.18. The highest BCUT2D eigenvalue weighted by Crippen LogP contribution is 2.47. The molecular formula is C23H29NO5. The van der Waals surface area contributed by atoms with E-state index in [0.29, 0.717) is 41.0 Å². The van der Waals surface area contributed by atoms with E-state index in [1.54, 1.807) is 32.0 Å². The van der Waals surface area contributed by atoms with Gasteiger partial charge in [-0.15, -0.1) is 0 Å². The van der Waals surface area contributed by atoms with E-state index in [0.717, 1.165) is 5.70 Å². The summed E-state index contributed by atoms with van der Waals surface area (Å²) in [6, 6.07) is 4.98. The maximum absolute atomic E-state index is 13.2. The number of ether oxygens (including phenoxy) is 2. The molecule has 0 saturated heterocycles. The van der Waals surface area contributed by atoms with E-state index < -0.39 is 11.9 Å². The Bertz CT molecular complexity index is 923. The lowest BCUT2D eigenvalue weighted by molar-refractivity contribution is -0.143. The molecule has 2 N–H and O–H groups in total. The summed E-state index contributed by atoms with van der Waals surface area (Å²) in [4.78, 5) is 26.2. The van der Waals surface area contributed by atoms with Crippen LogP contribution < -0.4 is 10.1 Å². The number of allylic oxidation sites excluding steroid dienone is 3. The summed E-state index contributed by atoms with van der Waals surface area (Å²) in [7, 11) is 1.47. The van der Waals surface area contributed by atoms with Gasteiger partial charge in [0.15, 0.2) is 17.3 Å². The molecule has 1 atom stereocenters. The maximum Gasteiger partial charge on any atom is 0.337 e. The molecule has 2 aliphatic rings. The van der Waals surface area contributed by atoms with Crippen molar-refractivity contribution in [1.29, 1.82) is 0 Å². The van der Waals surface area contributed by atoms with Crippen molar-refractivity contribution in [1.82, 2.24) is 5.32 Å². The Labute approximate surface area is 171 Å². The molecule has 0 spiro atoms. The van der Waals surface area contributed by atoms with E-state index in [4.69, 9.17) is 9.47 Å². The number of hydrogen-bond acceptors (Lipinski definition) is 6. The van der Waals surface area contributed by atoms with Crippen LogP contribution in [0, 0.1) is 5.41 Å². The topological polar surface area (TPSA) is 84.9 Å². The summed E-state index contributed by atoms with van der Waals surface area (Å²) in [5.74, 6) is -0.762. The van der Waals surface area contributed by atoms with Gasteiger partial charge in [0.05, 0.1) is 18.8 Å². The minimum absolute atomic E-state index is 0.00593. The molecule has 6 nitrogen and oxygen atoms in total. The molecule has 6 heteroatoms. The number of rotatable bonds is 4. The van der Waals surface area contributed by atoms with Crippen LogP contribution in [0.1, 0.15) is 58.9 Å². The summed E-state index contributed by atoms with van der Waals surface area (Å²) < 4.78 is 10.6. The molecule has 3 rings (SSSR count). The van der Waals surface area contributed by atoms with Gasteiger partial charge >= 0.3 is 5.97 Å².